The van der Waals surface area contributed by atoms with Crippen LogP contribution in [0.3, 0.4) is 0 Å². The van der Waals surface area contributed by atoms with Crippen molar-refractivity contribution in [2.24, 2.45) is 11.7 Å². The molecule has 1 atom stereocenters. The van der Waals surface area contributed by atoms with E-state index >= 15 is 0 Å². The molecule has 0 aliphatic heterocycles. The van der Waals surface area contributed by atoms with Crippen molar-refractivity contribution in [3.8, 4) is 0 Å². The number of benzene rings is 2. The Kier molecular flexibility index (Phi) is 10.9. The van der Waals surface area contributed by atoms with Crippen LogP contribution in [-0.4, -0.2) is 57.9 Å². The van der Waals surface area contributed by atoms with Gasteiger partial charge in [-0.15, -0.1) is 0 Å². The summed E-state index contributed by atoms with van der Waals surface area (Å²) in [5, 5.41) is 13.2. The Morgan fingerprint density at radius 3 is 2.06 bits per heavy atom. The number of hydrogen-bond acceptors (Lipinski definition) is 5. The highest BCUT2D eigenvalue weighted by Gasteiger charge is 2.30. The van der Waals surface area contributed by atoms with Crippen LogP contribution in [0.1, 0.15) is 37.8 Å². The van der Waals surface area contributed by atoms with E-state index in [1.165, 1.54) is 4.90 Å². The Labute approximate surface area is 205 Å². The largest absolute Gasteiger partial charge is 0.381 e. The van der Waals surface area contributed by atoms with Crippen molar-refractivity contribution in [2.45, 2.75) is 45.9 Å². The number of nitrogens with zero attached hydrogens (tertiary/aromatic N) is 2. The quantitative estimate of drug-likeness (QED) is 0.398. The zero-order valence-electron chi connectivity index (χ0n) is 20.2. The molecule has 5 amide bonds. The molecule has 0 bridgehead atoms. The van der Waals surface area contributed by atoms with E-state index in [1.807, 2.05) is 50.2 Å². The lowest BCUT2D eigenvalue weighted by molar-refractivity contribution is -0.133. The molecule has 0 fully saturated rings. The fraction of sp³-hybridized carbons (Fsp3) is 0.385. The second-order valence-electron chi connectivity index (χ2n) is 8.74. The summed E-state index contributed by atoms with van der Waals surface area (Å²) in [6.07, 6.45) is -1.61. The van der Waals surface area contributed by atoms with Crippen LogP contribution in [-0.2, 0) is 27.5 Å². The molecule has 9 nitrogen and oxygen atoms in total. The molecule has 2 aromatic carbocycles. The third-order valence-electron chi connectivity index (χ3n) is 5.28. The molecule has 0 heterocycles. The van der Waals surface area contributed by atoms with Crippen molar-refractivity contribution in [1.82, 2.24) is 15.1 Å². The fourth-order valence-corrected chi connectivity index (χ4v) is 3.34. The Morgan fingerprint density at radius 2 is 1.51 bits per heavy atom. The van der Waals surface area contributed by atoms with Gasteiger partial charge < -0.3 is 21.1 Å². The van der Waals surface area contributed by atoms with E-state index in [2.05, 4.69) is 5.32 Å². The second kappa shape index (κ2) is 13.9. The lowest BCUT2D eigenvalue weighted by Crippen LogP contribution is -2.51. The van der Waals surface area contributed by atoms with Gasteiger partial charge in [0, 0.05) is 19.6 Å². The molecule has 0 aromatic heterocycles. The average Bonchev–Trinajstić information content (AvgIpc) is 2.82. The van der Waals surface area contributed by atoms with E-state index < -0.39 is 36.3 Å². The van der Waals surface area contributed by atoms with Gasteiger partial charge in [0.2, 0.25) is 11.8 Å². The number of urea groups is 1. The Bertz CT molecular complexity index is 982. The highest BCUT2D eigenvalue weighted by atomic mass is 16.3. The van der Waals surface area contributed by atoms with Crippen molar-refractivity contribution in [2.75, 3.05) is 13.1 Å². The number of rotatable bonds is 12. The molecule has 4 N–H and O–H groups in total. The predicted molar refractivity (Wildman–Crippen MR) is 132 cm³/mol. The molecular formula is C26H34N4O5. The second-order valence-corrected chi connectivity index (χ2v) is 8.74. The first-order chi connectivity index (χ1) is 16.7. The van der Waals surface area contributed by atoms with E-state index in [-0.39, 0.29) is 32.1 Å². The standard InChI is InChI=1S/C26H34N4O5/c1-19(2)13-14-30(24(33)15-23(27)32)26(35)29(17-21-11-7-4-8-12-21)18-22(31)25(34)28-16-20-9-5-3-6-10-20/h3-12,19,22,31H,13-18H2,1-2H3,(H2,27,32)(H,28,34)/t22-/m0/s1. The summed E-state index contributed by atoms with van der Waals surface area (Å²) in [5.41, 5.74) is 6.80. The number of carbonyl (C=O) groups excluding carboxylic acids is 4. The maximum atomic E-state index is 13.5. The van der Waals surface area contributed by atoms with Gasteiger partial charge in [-0.3, -0.25) is 19.3 Å². The van der Waals surface area contributed by atoms with Crippen LogP contribution in [0, 0.1) is 5.92 Å². The van der Waals surface area contributed by atoms with Crippen molar-refractivity contribution in [3.63, 3.8) is 0 Å². The first kappa shape index (κ1) is 27.5. The molecule has 2 rings (SSSR count). The van der Waals surface area contributed by atoms with Crippen LogP contribution in [0.5, 0.6) is 0 Å². The number of hydrogen-bond donors (Lipinski definition) is 3. The van der Waals surface area contributed by atoms with Crippen molar-refractivity contribution >= 4 is 23.8 Å². The van der Waals surface area contributed by atoms with E-state index in [0.29, 0.717) is 6.42 Å². The number of primary amides is 1. The van der Waals surface area contributed by atoms with Gasteiger partial charge in [0.15, 0.2) is 0 Å². The number of aliphatic hydroxyl groups is 1. The molecule has 2 aromatic rings. The van der Waals surface area contributed by atoms with Crippen molar-refractivity contribution in [3.05, 3.63) is 71.8 Å². The monoisotopic (exact) mass is 482 g/mol. The average molecular weight is 483 g/mol. The molecule has 0 unspecified atom stereocenters. The number of nitrogens with two attached hydrogens (primary N) is 1. The Balaban J connectivity index is 2.19. The maximum absolute atomic E-state index is 13.5. The number of amides is 5. The first-order valence-corrected chi connectivity index (χ1v) is 11.6. The smallest absolute Gasteiger partial charge is 0.327 e. The molecular weight excluding hydrogens is 448 g/mol. The van der Waals surface area contributed by atoms with Gasteiger partial charge in [-0.1, -0.05) is 74.5 Å². The van der Waals surface area contributed by atoms with Crippen molar-refractivity contribution < 1.29 is 24.3 Å². The summed E-state index contributed by atoms with van der Waals surface area (Å²) in [5.74, 6) is -2.00. The number of nitrogens with one attached hydrogen (secondary N) is 1. The van der Waals surface area contributed by atoms with E-state index in [0.717, 1.165) is 16.0 Å². The summed E-state index contributed by atoms with van der Waals surface area (Å²) in [6, 6.07) is 17.5. The van der Waals surface area contributed by atoms with Gasteiger partial charge in [-0.25, -0.2) is 4.79 Å². The third-order valence-corrected chi connectivity index (χ3v) is 5.28. The lowest BCUT2D eigenvalue weighted by Gasteiger charge is -2.31. The highest BCUT2D eigenvalue weighted by molar-refractivity contribution is 6.03. The maximum Gasteiger partial charge on any atom is 0.327 e. The number of aliphatic hydroxyl groups excluding tert-OH is 1. The topological polar surface area (TPSA) is 133 Å². The molecule has 0 aliphatic carbocycles. The van der Waals surface area contributed by atoms with Crippen LogP contribution in [0.25, 0.3) is 0 Å². The molecule has 0 radical (unpaired) electrons. The zero-order valence-corrected chi connectivity index (χ0v) is 20.2. The van der Waals surface area contributed by atoms with E-state index in [4.69, 9.17) is 5.73 Å². The molecule has 188 valence electrons. The first-order valence-electron chi connectivity index (χ1n) is 11.6. The van der Waals surface area contributed by atoms with Gasteiger partial charge in [0.1, 0.15) is 12.5 Å². The van der Waals surface area contributed by atoms with Gasteiger partial charge in [0.05, 0.1) is 6.54 Å². The van der Waals surface area contributed by atoms with E-state index in [1.54, 1.807) is 24.3 Å². The summed E-state index contributed by atoms with van der Waals surface area (Å²) in [6.45, 7) is 3.93. The minimum atomic E-state index is -1.52. The molecule has 0 spiro atoms. The molecule has 0 saturated carbocycles. The minimum absolute atomic E-state index is 0.0602. The lowest BCUT2D eigenvalue weighted by atomic mass is 10.1. The van der Waals surface area contributed by atoms with Crippen molar-refractivity contribution in [1.29, 1.82) is 0 Å². The predicted octanol–water partition coefficient (Wildman–Crippen LogP) is 2.04. The SMILES string of the molecule is CC(C)CCN(C(=O)CC(N)=O)C(=O)N(Cc1ccccc1)C[C@H](O)C(=O)NCc1ccccc1. The van der Waals surface area contributed by atoms with Gasteiger partial charge in [-0.2, -0.15) is 0 Å². The summed E-state index contributed by atoms with van der Waals surface area (Å²) in [4.78, 5) is 52.2. The third kappa shape index (κ3) is 9.58. The fourth-order valence-electron chi connectivity index (χ4n) is 3.34. The molecule has 35 heavy (non-hydrogen) atoms. The van der Waals surface area contributed by atoms with Gasteiger partial charge in [-0.05, 0) is 23.5 Å². The zero-order chi connectivity index (χ0) is 25.8. The minimum Gasteiger partial charge on any atom is -0.381 e. The summed E-state index contributed by atoms with van der Waals surface area (Å²) in [7, 11) is 0. The molecule has 0 aliphatic rings. The summed E-state index contributed by atoms with van der Waals surface area (Å²) < 4.78 is 0. The number of carbonyl (C=O) groups is 4. The number of imide groups is 1. The normalized spacial score (nSPS) is 11.5. The molecule has 9 heteroatoms. The molecule has 0 saturated heterocycles. The van der Waals surface area contributed by atoms with Gasteiger partial charge >= 0.3 is 6.03 Å². The highest BCUT2D eigenvalue weighted by Crippen LogP contribution is 2.13. The van der Waals surface area contributed by atoms with Crippen LogP contribution in [0.4, 0.5) is 4.79 Å². The Hall–Kier alpha value is -3.72. The van der Waals surface area contributed by atoms with Crippen LogP contribution in [0.2, 0.25) is 0 Å². The van der Waals surface area contributed by atoms with Crippen LogP contribution < -0.4 is 11.1 Å². The Morgan fingerprint density at radius 1 is 0.943 bits per heavy atom. The van der Waals surface area contributed by atoms with E-state index in [9.17, 15) is 24.3 Å². The van der Waals surface area contributed by atoms with Gasteiger partial charge in [0.25, 0.3) is 5.91 Å². The van der Waals surface area contributed by atoms with Crippen LogP contribution in [0.15, 0.2) is 60.7 Å². The van der Waals surface area contributed by atoms with Crippen LogP contribution >= 0.6 is 0 Å². The summed E-state index contributed by atoms with van der Waals surface area (Å²) >= 11 is 0.